The van der Waals surface area contributed by atoms with Gasteiger partial charge < -0.3 is 34.3 Å². The molecule has 1 atom stereocenters. The Morgan fingerprint density at radius 2 is 1.82 bits per heavy atom. The van der Waals surface area contributed by atoms with Crippen LogP contribution in [0, 0.1) is 0 Å². The van der Waals surface area contributed by atoms with Gasteiger partial charge in [0.15, 0.2) is 29.6 Å². The topological polar surface area (TPSA) is 146 Å². The molecule has 0 saturated carbocycles. The number of methoxy groups -OCH3 is 3. The van der Waals surface area contributed by atoms with E-state index in [0.717, 1.165) is 4.47 Å². The van der Waals surface area contributed by atoms with E-state index in [0.29, 0.717) is 34.1 Å². The molecule has 0 saturated heterocycles. The average Bonchev–Trinajstić information content (AvgIpc) is 2.91. The molecule has 1 heterocycles. The molecule has 3 amide bonds. The van der Waals surface area contributed by atoms with Gasteiger partial charge in [0, 0.05) is 15.7 Å². The van der Waals surface area contributed by atoms with Gasteiger partial charge in [0.2, 0.25) is 0 Å². The number of halogens is 1. The normalized spacial score (nSPS) is 14.8. The van der Waals surface area contributed by atoms with Crippen LogP contribution in [-0.2, 0) is 14.3 Å². The molecule has 2 aromatic carbocycles. The van der Waals surface area contributed by atoms with Crippen molar-refractivity contribution in [1.29, 1.82) is 0 Å². The molecular weight excluding hydrogens is 576 g/mol. The lowest BCUT2D eigenvalue weighted by Crippen LogP contribution is -2.45. The van der Waals surface area contributed by atoms with Gasteiger partial charge in [-0.3, -0.25) is 4.79 Å². The summed E-state index contributed by atoms with van der Waals surface area (Å²) in [5, 5.41) is 9.27. The van der Waals surface area contributed by atoms with Crippen molar-refractivity contribution in [3.05, 3.63) is 57.2 Å². The van der Waals surface area contributed by atoms with Gasteiger partial charge in [0.1, 0.15) is 0 Å². The van der Waals surface area contributed by atoms with Crippen LogP contribution in [0.15, 0.2) is 51.2 Å². The molecule has 1 aliphatic heterocycles. The average molecular weight is 605 g/mol. The first-order chi connectivity index (χ1) is 18.7. The maximum absolute atomic E-state index is 12.6. The quantitative estimate of drug-likeness (QED) is 0.201. The molecule has 3 N–H and O–H groups in total. The number of amides is 3. The first kappa shape index (κ1) is 29.3. The molecule has 0 radical (unpaired) electrons. The lowest BCUT2D eigenvalue weighted by molar-refractivity contribution is -0.139. The summed E-state index contributed by atoms with van der Waals surface area (Å²) in [6, 6.07) is 7.12. The van der Waals surface area contributed by atoms with Crippen LogP contribution in [0.4, 0.5) is 4.79 Å². The molecule has 0 aromatic heterocycles. The van der Waals surface area contributed by atoms with Crippen molar-refractivity contribution in [2.24, 2.45) is 5.10 Å². The second-order valence-electron chi connectivity index (χ2n) is 8.01. The Labute approximate surface area is 233 Å². The van der Waals surface area contributed by atoms with E-state index in [-0.39, 0.29) is 24.5 Å². The number of hydrogen-bond donors (Lipinski definition) is 3. The molecule has 13 heteroatoms. The Hall–Kier alpha value is -4.26. The number of ether oxygens (including phenoxy) is 5. The van der Waals surface area contributed by atoms with Crippen LogP contribution in [0.1, 0.15) is 31.0 Å². The van der Waals surface area contributed by atoms with E-state index >= 15 is 0 Å². The van der Waals surface area contributed by atoms with E-state index in [4.69, 9.17) is 23.7 Å². The number of carbonyl (C=O) groups excluding carboxylic acids is 3. The number of hydrazone groups is 1. The number of urea groups is 1. The Kier molecular flexibility index (Phi) is 10.1. The maximum Gasteiger partial charge on any atom is 0.338 e. The summed E-state index contributed by atoms with van der Waals surface area (Å²) in [4.78, 5) is 37.0. The fraction of sp³-hybridized carbons (Fsp3) is 0.308. The highest BCUT2D eigenvalue weighted by atomic mass is 79.9. The molecule has 208 valence electrons. The number of hydrogen-bond acceptors (Lipinski definition) is 9. The number of nitrogens with zero attached hydrogens (tertiary/aromatic N) is 1. The van der Waals surface area contributed by atoms with Crippen LogP contribution >= 0.6 is 15.9 Å². The molecule has 0 fully saturated rings. The Morgan fingerprint density at radius 3 is 2.49 bits per heavy atom. The predicted molar refractivity (Wildman–Crippen MR) is 145 cm³/mol. The van der Waals surface area contributed by atoms with Gasteiger partial charge >= 0.3 is 12.0 Å². The van der Waals surface area contributed by atoms with E-state index in [1.807, 2.05) is 0 Å². The van der Waals surface area contributed by atoms with Crippen molar-refractivity contribution in [2.75, 3.05) is 34.5 Å². The van der Waals surface area contributed by atoms with Crippen LogP contribution in [0.3, 0.4) is 0 Å². The molecule has 39 heavy (non-hydrogen) atoms. The van der Waals surface area contributed by atoms with Crippen molar-refractivity contribution < 1.29 is 38.1 Å². The highest BCUT2D eigenvalue weighted by molar-refractivity contribution is 9.10. The third kappa shape index (κ3) is 7.19. The first-order valence-corrected chi connectivity index (χ1v) is 12.5. The van der Waals surface area contributed by atoms with Gasteiger partial charge in [-0.05, 0) is 43.7 Å². The summed E-state index contributed by atoms with van der Waals surface area (Å²) >= 11 is 3.39. The predicted octanol–water partition coefficient (Wildman–Crippen LogP) is 3.20. The summed E-state index contributed by atoms with van der Waals surface area (Å²) < 4.78 is 27.6. The van der Waals surface area contributed by atoms with Gasteiger partial charge in [-0.15, -0.1) is 0 Å². The minimum atomic E-state index is -0.771. The Morgan fingerprint density at radius 1 is 1.08 bits per heavy atom. The zero-order chi connectivity index (χ0) is 28.5. The number of benzene rings is 2. The summed E-state index contributed by atoms with van der Waals surface area (Å²) in [5.74, 6) is 0.458. The van der Waals surface area contributed by atoms with E-state index in [9.17, 15) is 14.4 Å². The minimum absolute atomic E-state index is 0.184. The second kappa shape index (κ2) is 13.5. The van der Waals surface area contributed by atoms with Crippen molar-refractivity contribution >= 4 is 40.1 Å². The molecule has 0 unspecified atom stereocenters. The van der Waals surface area contributed by atoms with E-state index in [1.54, 1.807) is 44.2 Å². The lowest BCUT2D eigenvalue weighted by Gasteiger charge is -2.28. The molecular formula is C26H29BrN4O8. The van der Waals surface area contributed by atoms with Gasteiger partial charge in [-0.1, -0.05) is 22.0 Å². The van der Waals surface area contributed by atoms with E-state index in [2.05, 4.69) is 37.1 Å². The first-order valence-electron chi connectivity index (χ1n) is 11.7. The second-order valence-corrected chi connectivity index (χ2v) is 8.93. The molecule has 0 bridgehead atoms. The fourth-order valence-corrected chi connectivity index (χ4v) is 4.26. The zero-order valence-electron chi connectivity index (χ0n) is 22.0. The minimum Gasteiger partial charge on any atom is -0.493 e. The van der Waals surface area contributed by atoms with Crippen LogP contribution < -0.4 is 35.0 Å². The highest BCUT2D eigenvalue weighted by Gasteiger charge is 2.32. The molecule has 0 spiro atoms. The van der Waals surface area contributed by atoms with Gasteiger partial charge in [0.05, 0.1) is 45.8 Å². The Bertz CT molecular complexity index is 1310. The largest absolute Gasteiger partial charge is 0.493 e. The molecule has 0 aliphatic carbocycles. The van der Waals surface area contributed by atoms with Crippen LogP contribution in [0.5, 0.6) is 23.0 Å². The van der Waals surface area contributed by atoms with Crippen molar-refractivity contribution in [2.45, 2.75) is 19.9 Å². The summed E-state index contributed by atoms with van der Waals surface area (Å²) in [7, 11) is 4.46. The zero-order valence-corrected chi connectivity index (χ0v) is 23.6. The third-order valence-corrected chi connectivity index (χ3v) is 5.97. The Balaban J connectivity index is 1.71. The smallest absolute Gasteiger partial charge is 0.338 e. The van der Waals surface area contributed by atoms with E-state index < -0.39 is 23.9 Å². The third-order valence-electron chi connectivity index (χ3n) is 5.51. The van der Waals surface area contributed by atoms with Gasteiger partial charge in [-0.25, -0.2) is 15.0 Å². The van der Waals surface area contributed by atoms with Crippen molar-refractivity contribution in [1.82, 2.24) is 16.1 Å². The highest BCUT2D eigenvalue weighted by Crippen LogP contribution is 2.35. The van der Waals surface area contributed by atoms with E-state index in [1.165, 1.54) is 27.5 Å². The van der Waals surface area contributed by atoms with Crippen molar-refractivity contribution in [3.8, 4) is 23.0 Å². The molecule has 12 nitrogen and oxygen atoms in total. The van der Waals surface area contributed by atoms with Crippen LogP contribution in [0.2, 0.25) is 0 Å². The van der Waals surface area contributed by atoms with Crippen LogP contribution in [-0.4, -0.2) is 58.7 Å². The lowest BCUT2D eigenvalue weighted by atomic mass is 9.95. The van der Waals surface area contributed by atoms with Gasteiger partial charge in [0.25, 0.3) is 5.91 Å². The summed E-state index contributed by atoms with van der Waals surface area (Å²) in [6.45, 7) is 3.15. The molecule has 2 aromatic rings. The SMILES string of the molecule is CCOC(=O)C1=C(C)NC(=O)N[C@@H]1c1ccc(OCC(=O)N/N=C/c2cc(Br)cc(OC)c2OC)c(OC)c1. The van der Waals surface area contributed by atoms with Crippen LogP contribution in [0.25, 0.3) is 0 Å². The van der Waals surface area contributed by atoms with Crippen molar-refractivity contribution in [3.63, 3.8) is 0 Å². The summed E-state index contributed by atoms with van der Waals surface area (Å²) in [6.07, 6.45) is 1.42. The molecule has 1 aliphatic rings. The monoisotopic (exact) mass is 604 g/mol. The number of rotatable bonds is 11. The van der Waals surface area contributed by atoms with Gasteiger partial charge in [-0.2, -0.15) is 5.10 Å². The number of carbonyl (C=O) groups is 3. The molecule has 3 rings (SSSR count). The number of nitrogens with one attached hydrogen (secondary N) is 3. The maximum atomic E-state index is 12.6. The fourth-order valence-electron chi connectivity index (χ4n) is 3.81. The number of esters is 1. The number of allylic oxidation sites excluding steroid dienone is 1. The summed E-state index contributed by atoms with van der Waals surface area (Å²) in [5.41, 5.74) is 4.19. The standard InChI is InChI=1S/C26H29BrN4O8/c1-6-38-25(33)22-14(2)29-26(34)30-23(22)15-7-8-18(19(10-15)35-3)39-13-21(32)31-28-12-16-9-17(27)11-20(36-4)24(16)37-5/h7-12,23H,6,13H2,1-5H3,(H,31,32)(H2,29,30,34)/b28-12+/t23-/m1/s1.